The summed E-state index contributed by atoms with van der Waals surface area (Å²) in [5.74, 6) is -0.712. The normalized spacial score (nSPS) is 30.1. The molecule has 29 heavy (non-hydrogen) atoms. The van der Waals surface area contributed by atoms with E-state index in [0.29, 0.717) is 23.9 Å². The van der Waals surface area contributed by atoms with Crippen LogP contribution in [0.2, 0.25) is 0 Å². The Morgan fingerprint density at radius 2 is 2.07 bits per heavy atom. The first-order valence-corrected chi connectivity index (χ1v) is 10.7. The number of nitrogens with zero attached hydrogens (tertiary/aromatic N) is 2. The van der Waals surface area contributed by atoms with Crippen LogP contribution in [0.3, 0.4) is 0 Å². The molecule has 4 aliphatic heterocycles. The second-order valence-corrected chi connectivity index (χ2v) is 9.13. The second-order valence-electron chi connectivity index (χ2n) is 9.13. The summed E-state index contributed by atoms with van der Waals surface area (Å²) < 4.78 is 0. The molecule has 0 radical (unpaired) electrons. The highest BCUT2D eigenvalue weighted by atomic mass is 16.2. The van der Waals surface area contributed by atoms with Crippen LogP contribution in [0.5, 0.6) is 0 Å². The summed E-state index contributed by atoms with van der Waals surface area (Å²) in [7, 11) is 0. The van der Waals surface area contributed by atoms with Gasteiger partial charge in [0.05, 0.1) is 0 Å². The first-order valence-electron chi connectivity index (χ1n) is 10.7. The molecule has 3 amide bonds. The third kappa shape index (κ3) is 3.46. The van der Waals surface area contributed by atoms with Crippen molar-refractivity contribution in [3.8, 4) is 0 Å². The summed E-state index contributed by atoms with van der Waals surface area (Å²) in [5.41, 5.74) is 3.35. The summed E-state index contributed by atoms with van der Waals surface area (Å²) in [6.07, 6.45) is 4.52. The zero-order valence-electron chi connectivity index (χ0n) is 16.7. The van der Waals surface area contributed by atoms with Crippen LogP contribution < -0.4 is 10.6 Å². The highest BCUT2D eigenvalue weighted by Gasteiger charge is 2.40. The molecule has 0 saturated carbocycles. The maximum absolute atomic E-state index is 12.8. The lowest BCUT2D eigenvalue weighted by Crippen LogP contribution is -2.52. The molecule has 4 heterocycles. The number of carbonyl (C=O) groups is 3. The van der Waals surface area contributed by atoms with Crippen LogP contribution in [0.4, 0.5) is 0 Å². The van der Waals surface area contributed by atoms with Gasteiger partial charge in [-0.3, -0.25) is 24.6 Å². The molecule has 154 valence electrons. The van der Waals surface area contributed by atoms with Crippen molar-refractivity contribution >= 4 is 17.7 Å². The van der Waals surface area contributed by atoms with Crippen LogP contribution >= 0.6 is 0 Å². The van der Waals surface area contributed by atoms with E-state index in [1.54, 1.807) is 4.90 Å². The van der Waals surface area contributed by atoms with Crippen LogP contribution in [0.1, 0.15) is 53.6 Å². The third-order valence-electron chi connectivity index (χ3n) is 7.07. The number of fused-ring (bicyclic) bond motifs is 1. The molecular weight excluding hydrogens is 368 g/mol. The van der Waals surface area contributed by atoms with E-state index in [4.69, 9.17) is 0 Å². The summed E-state index contributed by atoms with van der Waals surface area (Å²) >= 11 is 0. The van der Waals surface area contributed by atoms with Crippen molar-refractivity contribution in [1.29, 1.82) is 0 Å². The number of hydrogen-bond acceptors (Lipinski definition) is 5. The predicted molar refractivity (Wildman–Crippen MR) is 107 cm³/mol. The number of amides is 3. The van der Waals surface area contributed by atoms with E-state index in [2.05, 4.69) is 27.7 Å². The molecule has 7 nitrogen and oxygen atoms in total. The molecule has 1 aromatic carbocycles. The van der Waals surface area contributed by atoms with E-state index in [1.165, 1.54) is 24.8 Å². The van der Waals surface area contributed by atoms with Gasteiger partial charge < -0.3 is 10.2 Å². The Kier molecular flexibility index (Phi) is 4.67. The molecule has 1 spiro atoms. The number of benzene rings is 1. The van der Waals surface area contributed by atoms with Crippen LogP contribution in [0, 0.1) is 5.41 Å². The van der Waals surface area contributed by atoms with Gasteiger partial charge in [-0.25, -0.2) is 0 Å². The van der Waals surface area contributed by atoms with Gasteiger partial charge in [-0.2, -0.15) is 0 Å². The van der Waals surface area contributed by atoms with Gasteiger partial charge in [-0.05, 0) is 61.4 Å². The number of likely N-dealkylation sites (tertiary alicyclic amines) is 1. The van der Waals surface area contributed by atoms with Crippen LogP contribution in [-0.2, 0) is 22.7 Å². The third-order valence-corrected chi connectivity index (χ3v) is 7.07. The standard InChI is InChI=1S/C22H28N4O3/c27-19-5-4-18(20(28)24-19)26-12-16-10-15(2-3-17(16)21(26)29)11-25-9-1-6-22(14-25)7-8-23-13-22/h2-3,10,18,23H,1,4-9,11-14H2,(H,24,27,28). The van der Waals surface area contributed by atoms with Crippen molar-refractivity contribution < 1.29 is 14.4 Å². The Morgan fingerprint density at radius 3 is 2.86 bits per heavy atom. The van der Waals surface area contributed by atoms with Gasteiger partial charge >= 0.3 is 0 Å². The second kappa shape index (κ2) is 7.22. The molecule has 5 rings (SSSR count). The molecular formula is C22H28N4O3. The maximum Gasteiger partial charge on any atom is 0.255 e. The Hall–Kier alpha value is -2.25. The average molecular weight is 396 g/mol. The molecule has 1 aromatic rings. The zero-order valence-corrected chi connectivity index (χ0v) is 16.7. The van der Waals surface area contributed by atoms with Gasteiger partial charge in [-0.15, -0.1) is 0 Å². The van der Waals surface area contributed by atoms with Crippen molar-refractivity contribution in [3.05, 3.63) is 34.9 Å². The summed E-state index contributed by atoms with van der Waals surface area (Å²) in [6, 6.07) is 5.55. The number of nitrogens with one attached hydrogen (secondary N) is 2. The van der Waals surface area contributed by atoms with Crippen LogP contribution in [0.15, 0.2) is 18.2 Å². The van der Waals surface area contributed by atoms with E-state index >= 15 is 0 Å². The molecule has 3 fully saturated rings. The first kappa shape index (κ1) is 18.8. The number of rotatable bonds is 3. The monoisotopic (exact) mass is 396 g/mol. The van der Waals surface area contributed by atoms with Crippen LogP contribution in [0.25, 0.3) is 0 Å². The topological polar surface area (TPSA) is 81.8 Å². The zero-order chi connectivity index (χ0) is 20.0. The van der Waals surface area contributed by atoms with E-state index in [9.17, 15) is 14.4 Å². The lowest BCUT2D eigenvalue weighted by molar-refractivity contribution is -0.136. The average Bonchev–Trinajstić information content (AvgIpc) is 3.26. The fraction of sp³-hybridized carbons (Fsp3) is 0.591. The van der Waals surface area contributed by atoms with Crippen molar-refractivity contribution in [2.24, 2.45) is 5.41 Å². The van der Waals surface area contributed by atoms with E-state index in [-0.39, 0.29) is 24.1 Å². The summed E-state index contributed by atoms with van der Waals surface area (Å²) in [5, 5.41) is 5.88. The van der Waals surface area contributed by atoms with Crippen LogP contribution in [-0.4, -0.2) is 59.7 Å². The lowest BCUT2D eigenvalue weighted by Gasteiger charge is -2.40. The first-order chi connectivity index (χ1) is 14.0. The minimum atomic E-state index is -0.548. The minimum Gasteiger partial charge on any atom is -0.322 e. The summed E-state index contributed by atoms with van der Waals surface area (Å²) in [4.78, 5) is 40.6. The minimum absolute atomic E-state index is 0.102. The van der Waals surface area contributed by atoms with Crippen molar-refractivity contribution in [3.63, 3.8) is 0 Å². The lowest BCUT2D eigenvalue weighted by atomic mass is 9.79. The highest BCUT2D eigenvalue weighted by molar-refractivity contribution is 6.05. The number of piperidine rings is 2. The van der Waals surface area contributed by atoms with Gasteiger partial charge in [0.2, 0.25) is 11.8 Å². The van der Waals surface area contributed by atoms with E-state index in [1.807, 2.05) is 6.07 Å². The van der Waals surface area contributed by atoms with Crippen molar-refractivity contribution in [2.45, 2.75) is 51.2 Å². The van der Waals surface area contributed by atoms with Gasteiger partial charge in [-0.1, -0.05) is 12.1 Å². The Morgan fingerprint density at radius 1 is 1.17 bits per heavy atom. The smallest absolute Gasteiger partial charge is 0.255 e. The maximum atomic E-state index is 12.8. The molecule has 0 bridgehead atoms. The molecule has 0 aliphatic carbocycles. The number of hydrogen-bond donors (Lipinski definition) is 2. The number of carbonyl (C=O) groups excluding carboxylic acids is 3. The van der Waals surface area contributed by atoms with E-state index < -0.39 is 6.04 Å². The van der Waals surface area contributed by atoms with Crippen molar-refractivity contribution in [1.82, 2.24) is 20.4 Å². The molecule has 2 N–H and O–H groups in total. The number of imide groups is 1. The quantitative estimate of drug-likeness (QED) is 0.746. The Balaban J connectivity index is 1.28. The predicted octanol–water partition coefficient (Wildman–Crippen LogP) is 1.02. The van der Waals surface area contributed by atoms with Gasteiger partial charge in [0.25, 0.3) is 5.91 Å². The van der Waals surface area contributed by atoms with Gasteiger partial charge in [0.1, 0.15) is 6.04 Å². The molecule has 0 aromatic heterocycles. The Bertz CT molecular complexity index is 862. The Labute approximate surface area is 170 Å². The fourth-order valence-corrected chi connectivity index (χ4v) is 5.57. The SMILES string of the molecule is O=C1CCC(N2Cc3cc(CN4CCCC5(CCNC5)C4)ccc3C2=O)C(=O)N1. The fourth-order valence-electron chi connectivity index (χ4n) is 5.57. The van der Waals surface area contributed by atoms with Gasteiger partial charge in [0.15, 0.2) is 0 Å². The van der Waals surface area contributed by atoms with E-state index in [0.717, 1.165) is 38.3 Å². The molecule has 3 saturated heterocycles. The molecule has 2 atom stereocenters. The van der Waals surface area contributed by atoms with Gasteiger partial charge in [0, 0.05) is 38.2 Å². The van der Waals surface area contributed by atoms with Crippen molar-refractivity contribution in [2.75, 3.05) is 26.2 Å². The molecule has 2 unspecified atom stereocenters. The highest BCUT2D eigenvalue weighted by Crippen LogP contribution is 2.36. The molecule has 4 aliphatic rings. The molecule has 7 heteroatoms. The summed E-state index contributed by atoms with van der Waals surface area (Å²) in [6.45, 7) is 5.87. The largest absolute Gasteiger partial charge is 0.322 e.